The number of piperazine rings is 1. The number of rotatable bonds is 2. The Labute approximate surface area is 114 Å². The summed E-state index contributed by atoms with van der Waals surface area (Å²) in [5.74, 6) is -0.0477. The predicted octanol–water partition coefficient (Wildman–Crippen LogP) is 0.722. The van der Waals surface area contributed by atoms with Crippen LogP contribution in [0.2, 0.25) is 0 Å². The van der Waals surface area contributed by atoms with Crippen LogP contribution in [-0.2, 0) is 0 Å². The van der Waals surface area contributed by atoms with Gasteiger partial charge in [-0.1, -0.05) is 0 Å². The number of amides is 1. The number of hydrogen-bond acceptors (Lipinski definition) is 4. The molecule has 0 radical (unpaired) electrons. The number of nitrogen functional groups attached to an aromatic ring is 1. The van der Waals surface area contributed by atoms with Crippen LogP contribution in [0, 0.1) is 0 Å². The highest BCUT2D eigenvalue weighted by Gasteiger charge is 2.17. The molecule has 5 heteroatoms. The van der Waals surface area contributed by atoms with Gasteiger partial charge in [-0.3, -0.25) is 4.79 Å². The zero-order chi connectivity index (χ0) is 14.0. The molecule has 0 spiro atoms. The number of anilines is 2. The number of carbonyl (C=O) groups is 1. The average molecular weight is 262 g/mol. The molecule has 0 bridgehead atoms. The van der Waals surface area contributed by atoms with Crippen LogP contribution in [-0.4, -0.2) is 63.0 Å². The van der Waals surface area contributed by atoms with Gasteiger partial charge in [0.1, 0.15) is 0 Å². The highest BCUT2D eigenvalue weighted by Crippen LogP contribution is 2.23. The molecule has 1 heterocycles. The molecule has 0 aliphatic carbocycles. The second kappa shape index (κ2) is 5.48. The fraction of sp³-hybridized carbons (Fsp3) is 0.500. The van der Waals surface area contributed by atoms with Gasteiger partial charge in [-0.2, -0.15) is 0 Å². The number of hydrogen-bond donors (Lipinski definition) is 1. The summed E-state index contributed by atoms with van der Waals surface area (Å²) in [5.41, 5.74) is 8.11. The fourth-order valence-electron chi connectivity index (χ4n) is 2.23. The minimum absolute atomic E-state index is 0.0477. The van der Waals surface area contributed by atoms with E-state index >= 15 is 0 Å². The van der Waals surface area contributed by atoms with E-state index in [9.17, 15) is 4.79 Å². The first-order valence-corrected chi connectivity index (χ1v) is 6.53. The van der Waals surface area contributed by atoms with E-state index in [4.69, 9.17) is 5.73 Å². The lowest BCUT2D eigenvalue weighted by Gasteiger charge is -2.34. The number of carbonyl (C=O) groups excluding carboxylic acids is 1. The summed E-state index contributed by atoms with van der Waals surface area (Å²) in [4.78, 5) is 18.2. The van der Waals surface area contributed by atoms with Gasteiger partial charge in [0, 0.05) is 51.6 Å². The Morgan fingerprint density at radius 2 is 1.84 bits per heavy atom. The first-order chi connectivity index (χ1) is 8.99. The molecule has 1 aromatic rings. The molecule has 0 saturated carbocycles. The number of nitrogens with two attached hydrogens (primary N) is 1. The summed E-state index contributed by atoms with van der Waals surface area (Å²) in [6.07, 6.45) is 0. The molecule has 2 N–H and O–H groups in total. The van der Waals surface area contributed by atoms with Crippen molar-refractivity contribution in [3.05, 3.63) is 23.8 Å². The third kappa shape index (κ3) is 2.98. The van der Waals surface area contributed by atoms with Crippen molar-refractivity contribution in [2.45, 2.75) is 0 Å². The van der Waals surface area contributed by atoms with Crippen molar-refractivity contribution in [3.8, 4) is 0 Å². The van der Waals surface area contributed by atoms with E-state index in [1.54, 1.807) is 19.0 Å². The van der Waals surface area contributed by atoms with Crippen LogP contribution in [0.1, 0.15) is 10.4 Å². The molecule has 2 rings (SSSR count). The summed E-state index contributed by atoms with van der Waals surface area (Å²) in [6.45, 7) is 4.05. The lowest BCUT2D eigenvalue weighted by molar-refractivity contribution is 0.0828. The number of nitrogens with zero attached hydrogens (tertiary/aromatic N) is 3. The van der Waals surface area contributed by atoms with Crippen molar-refractivity contribution >= 4 is 17.3 Å². The molecular weight excluding hydrogens is 240 g/mol. The lowest BCUT2D eigenvalue weighted by Crippen LogP contribution is -2.44. The van der Waals surface area contributed by atoms with Crippen LogP contribution in [0.15, 0.2) is 18.2 Å². The largest absolute Gasteiger partial charge is 0.398 e. The summed E-state index contributed by atoms with van der Waals surface area (Å²) >= 11 is 0. The molecule has 1 fully saturated rings. The third-order valence-corrected chi connectivity index (χ3v) is 3.54. The number of benzene rings is 1. The Kier molecular flexibility index (Phi) is 3.95. The molecule has 1 aliphatic heterocycles. The Morgan fingerprint density at radius 3 is 2.42 bits per heavy atom. The SMILES string of the molecule is CN1CCN(c2ccc(N)c(C(=O)N(C)C)c2)CC1. The van der Waals surface area contributed by atoms with E-state index < -0.39 is 0 Å². The van der Waals surface area contributed by atoms with Crippen molar-refractivity contribution in [3.63, 3.8) is 0 Å². The fourth-order valence-corrected chi connectivity index (χ4v) is 2.23. The van der Waals surface area contributed by atoms with Gasteiger partial charge in [0.05, 0.1) is 5.56 Å². The summed E-state index contributed by atoms with van der Waals surface area (Å²) in [5, 5.41) is 0. The molecule has 1 aliphatic rings. The molecular formula is C14H22N4O. The smallest absolute Gasteiger partial charge is 0.255 e. The first kappa shape index (κ1) is 13.7. The van der Waals surface area contributed by atoms with Gasteiger partial charge in [-0.05, 0) is 25.2 Å². The minimum Gasteiger partial charge on any atom is -0.398 e. The Bertz CT molecular complexity index is 465. The van der Waals surface area contributed by atoms with Gasteiger partial charge in [0.25, 0.3) is 5.91 Å². The van der Waals surface area contributed by atoms with Crippen molar-refractivity contribution in [1.29, 1.82) is 0 Å². The highest BCUT2D eigenvalue weighted by molar-refractivity contribution is 5.99. The maximum absolute atomic E-state index is 12.1. The molecule has 1 aromatic carbocycles. The van der Waals surface area contributed by atoms with Gasteiger partial charge in [-0.15, -0.1) is 0 Å². The van der Waals surface area contributed by atoms with Crippen LogP contribution in [0.4, 0.5) is 11.4 Å². The maximum Gasteiger partial charge on any atom is 0.255 e. The lowest BCUT2D eigenvalue weighted by atomic mass is 10.1. The minimum atomic E-state index is -0.0477. The second-order valence-corrected chi connectivity index (χ2v) is 5.26. The Balaban J connectivity index is 2.23. The van der Waals surface area contributed by atoms with Crippen molar-refractivity contribution in [2.24, 2.45) is 0 Å². The van der Waals surface area contributed by atoms with Gasteiger partial charge in [-0.25, -0.2) is 0 Å². The quantitative estimate of drug-likeness (QED) is 0.798. The maximum atomic E-state index is 12.1. The Morgan fingerprint density at radius 1 is 1.21 bits per heavy atom. The predicted molar refractivity (Wildman–Crippen MR) is 78.6 cm³/mol. The molecule has 1 saturated heterocycles. The zero-order valence-electron chi connectivity index (χ0n) is 11.9. The zero-order valence-corrected chi connectivity index (χ0v) is 11.9. The van der Waals surface area contributed by atoms with E-state index in [2.05, 4.69) is 16.8 Å². The summed E-state index contributed by atoms with van der Waals surface area (Å²) in [7, 11) is 5.61. The van der Waals surface area contributed by atoms with E-state index in [1.807, 2.05) is 18.2 Å². The van der Waals surface area contributed by atoms with Crippen molar-refractivity contribution in [1.82, 2.24) is 9.80 Å². The first-order valence-electron chi connectivity index (χ1n) is 6.53. The topological polar surface area (TPSA) is 52.8 Å². The molecule has 104 valence electrons. The molecule has 0 atom stereocenters. The van der Waals surface area contributed by atoms with E-state index in [-0.39, 0.29) is 5.91 Å². The highest BCUT2D eigenvalue weighted by atomic mass is 16.2. The monoisotopic (exact) mass is 262 g/mol. The second-order valence-electron chi connectivity index (χ2n) is 5.26. The van der Waals surface area contributed by atoms with Crippen LogP contribution in [0.25, 0.3) is 0 Å². The van der Waals surface area contributed by atoms with Crippen LogP contribution in [0.5, 0.6) is 0 Å². The molecule has 0 unspecified atom stereocenters. The summed E-state index contributed by atoms with van der Waals surface area (Å²) < 4.78 is 0. The third-order valence-electron chi connectivity index (χ3n) is 3.54. The van der Waals surface area contributed by atoms with Crippen molar-refractivity contribution in [2.75, 3.05) is 58.0 Å². The van der Waals surface area contributed by atoms with Gasteiger partial charge in [0.2, 0.25) is 0 Å². The molecule has 5 nitrogen and oxygen atoms in total. The van der Waals surface area contributed by atoms with E-state index in [1.165, 1.54) is 0 Å². The van der Waals surface area contributed by atoms with Crippen LogP contribution >= 0.6 is 0 Å². The van der Waals surface area contributed by atoms with Crippen LogP contribution in [0.3, 0.4) is 0 Å². The number of likely N-dealkylation sites (N-methyl/N-ethyl adjacent to an activating group) is 1. The van der Waals surface area contributed by atoms with Gasteiger partial charge < -0.3 is 20.4 Å². The normalized spacial score (nSPS) is 16.5. The van der Waals surface area contributed by atoms with Crippen molar-refractivity contribution < 1.29 is 4.79 Å². The molecule has 1 amide bonds. The van der Waals surface area contributed by atoms with Gasteiger partial charge in [0.15, 0.2) is 0 Å². The standard InChI is InChI=1S/C14H22N4O/c1-16(2)14(19)12-10-11(4-5-13(12)15)18-8-6-17(3)7-9-18/h4-5,10H,6-9,15H2,1-3H3. The Hall–Kier alpha value is -1.75. The average Bonchev–Trinajstić information content (AvgIpc) is 2.39. The molecule has 19 heavy (non-hydrogen) atoms. The van der Waals surface area contributed by atoms with Crippen LogP contribution < -0.4 is 10.6 Å². The molecule has 0 aromatic heterocycles. The van der Waals surface area contributed by atoms with E-state index in [0.717, 1.165) is 31.9 Å². The summed E-state index contributed by atoms with van der Waals surface area (Å²) in [6, 6.07) is 5.72. The van der Waals surface area contributed by atoms with Gasteiger partial charge >= 0.3 is 0 Å². The van der Waals surface area contributed by atoms with E-state index in [0.29, 0.717) is 11.3 Å².